The Hall–Kier alpha value is -1.50. The molecule has 0 bridgehead atoms. The molecule has 18 heavy (non-hydrogen) atoms. The maximum Gasteiger partial charge on any atom is 0.309 e. The lowest BCUT2D eigenvalue weighted by Crippen LogP contribution is -2.23. The molecule has 0 amide bonds. The number of hydrogen-bond donors (Lipinski definition) is 3. The highest BCUT2D eigenvalue weighted by atomic mass is 32.2. The molecule has 7 heteroatoms. The van der Waals surface area contributed by atoms with E-state index >= 15 is 0 Å². The number of aliphatic carboxylic acids is 1. The molecule has 0 aliphatic rings. The molecule has 0 radical (unpaired) electrons. The molecule has 1 aromatic heterocycles. The van der Waals surface area contributed by atoms with Crippen LogP contribution in [0.3, 0.4) is 0 Å². The van der Waals surface area contributed by atoms with E-state index in [9.17, 15) is 9.59 Å². The third kappa shape index (κ3) is 4.40. The highest BCUT2D eigenvalue weighted by Crippen LogP contribution is 2.24. The fraction of sp³-hybridized carbons (Fsp3) is 0.545. The Kier molecular flexibility index (Phi) is 4.77. The lowest BCUT2D eigenvalue weighted by atomic mass is 9.88. The second-order valence-corrected chi connectivity index (χ2v) is 5.70. The fourth-order valence-electron chi connectivity index (χ4n) is 1.31. The predicted octanol–water partition coefficient (Wildman–Crippen LogP) is 1.34. The molecule has 4 N–H and O–H groups in total. The molecule has 100 valence electrons. The molecule has 0 unspecified atom stereocenters. The number of aromatic nitrogens is 2. The predicted molar refractivity (Wildman–Crippen MR) is 70.6 cm³/mol. The molecule has 0 atom stereocenters. The second-order valence-electron chi connectivity index (χ2n) is 4.62. The summed E-state index contributed by atoms with van der Waals surface area (Å²) in [5.41, 5.74) is 4.44. The Morgan fingerprint density at radius 1 is 1.61 bits per heavy atom. The van der Waals surface area contributed by atoms with E-state index in [1.807, 2.05) is 0 Å². The Bertz CT molecular complexity index is 485. The molecule has 0 spiro atoms. The number of hydrogen-bond acceptors (Lipinski definition) is 5. The molecule has 0 aliphatic heterocycles. The number of nitrogens with zero attached hydrogens (tertiary/aromatic N) is 1. The lowest BCUT2D eigenvalue weighted by molar-refractivity contribution is -0.147. The van der Waals surface area contributed by atoms with Crippen LogP contribution in [0, 0.1) is 5.41 Å². The van der Waals surface area contributed by atoms with Crippen molar-refractivity contribution in [1.29, 1.82) is 0 Å². The van der Waals surface area contributed by atoms with Gasteiger partial charge in [-0.25, -0.2) is 4.98 Å². The number of nitrogens with one attached hydrogen (secondary N) is 1. The van der Waals surface area contributed by atoms with Crippen molar-refractivity contribution < 1.29 is 9.90 Å². The third-order valence-electron chi connectivity index (χ3n) is 2.50. The molecule has 0 aromatic carbocycles. The van der Waals surface area contributed by atoms with Crippen molar-refractivity contribution >= 4 is 23.5 Å². The summed E-state index contributed by atoms with van der Waals surface area (Å²) in [5, 5.41) is 9.41. The summed E-state index contributed by atoms with van der Waals surface area (Å²) in [6.45, 7) is 3.39. The van der Waals surface area contributed by atoms with Crippen molar-refractivity contribution in [3.8, 4) is 0 Å². The Balaban J connectivity index is 2.43. The molecule has 1 rings (SSSR count). The van der Waals surface area contributed by atoms with Gasteiger partial charge >= 0.3 is 5.97 Å². The molecule has 0 aliphatic carbocycles. The van der Waals surface area contributed by atoms with Gasteiger partial charge in [0.1, 0.15) is 5.82 Å². The van der Waals surface area contributed by atoms with E-state index in [1.54, 1.807) is 13.8 Å². The van der Waals surface area contributed by atoms with Gasteiger partial charge in [0, 0.05) is 11.8 Å². The minimum Gasteiger partial charge on any atom is -0.481 e. The van der Waals surface area contributed by atoms with Gasteiger partial charge in [0.05, 0.1) is 5.41 Å². The van der Waals surface area contributed by atoms with Gasteiger partial charge in [-0.05, 0) is 26.7 Å². The van der Waals surface area contributed by atoms with Crippen molar-refractivity contribution in [2.75, 3.05) is 11.5 Å². The van der Waals surface area contributed by atoms with E-state index in [0.717, 1.165) is 6.42 Å². The van der Waals surface area contributed by atoms with Gasteiger partial charge < -0.3 is 15.8 Å². The van der Waals surface area contributed by atoms with E-state index in [-0.39, 0.29) is 11.4 Å². The number of carbonyl (C=O) groups is 1. The van der Waals surface area contributed by atoms with Crippen LogP contribution in [-0.2, 0) is 4.79 Å². The molecule has 1 heterocycles. The Morgan fingerprint density at radius 3 is 2.83 bits per heavy atom. The zero-order chi connectivity index (χ0) is 13.8. The summed E-state index contributed by atoms with van der Waals surface area (Å²) in [6.07, 6.45) is 1.30. The van der Waals surface area contributed by atoms with Crippen molar-refractivity contribution in [3.63, 3.8) is 0 Å². The minimum absolute atomic E-state index is 0.187. The second kappa shape index (κ2) is 5.90. The topological polar surface area (TPSA) is 109 Å². The number of anilines is 1. The molecule has 1 aromatic rings. The summed E-state index contributed by atoms with van der Waals surface area (Å²) in [5.74, 6) is 0.0680. The number of nitrogens with two attached hydrogens (primary N) is 1. The minimum atomic E-state index is -0.803. The van der Waals surface area contributed by atoms with Gasteiger partial charge in [0.25, 0.3) is 5.56 Å². The number of H-pyrrole nitrogens is 1. The standard InChI is InChI=1S/C11H17N3O3S/c1-11(2,9(16)17)4-3-5-18-10-13-7(12)6-8(15)14-10/h6H,3-5H2,1-2H3,(H,16,17)(H3,12,13,14,15). The molecular formula is C11H17N3O3S. The Labute approximate surface area is 109 Å². The number of aromatic amines is 1. The van der Waals surface area contributed by atoms with Gasteiger partial charge in [0.15, 0.2) is 5.16 Å². The van der Waals surface area contributed by atoms with Crippen LogP contribution in [0.4, 0.5) is 5.82 Å². The molecule has 6 nitrogen and oxygen atoms in total. The van der Waals surface area contributed by atoms with Crippen molar-refractivity contribution in [3.05, 3.63) is 16.4 Å². The van der Waals surface area contributed by atoms with Gasteiger partial charge in [-0.15, -0.1) is 0 Å². The molecule has 0 fully saturated rings. The summed E-state index contributed by atoms with van der Waals surface area (Å²) in [6, 6.07) is 1.22. The number of rotatable bonds is 6. The first-order valence-electron chi connectivity index (χ1n) is 5.54. The van der Waals surface area contributed by atoms with Crippen LogP contribution in [0.5, 0.6) is 0 Å². The maximum atomic E-state index is 11.1. The number of thioether (sulfide) groups is 1. The van der Waals surface area contributed by atoms with Crippen molar-refractivity contribution in [2.24, 2.45) is 5.41 Å². The van der Waals surface area contributed by atoms with Crippen LogP contribution in [0.25, 0.3) is 0 Å². The fourth-order valence-corrected chi connectivity index (χ4v) is 2.14. The summed E-state index contributed by atoms with van der Waals surface area (Å²) >= 11 is 1.36. The van der Waals surface area contributed by atoms with Gasteiger partial charge in [0.2, 0.25) is 0 Å². The summed E-state index contributed by atoms with van der Waals surface area (Å²) in [7, 11) is 0. The molecule has 0 saturated heterocycles. The lowest BCUT2D eigenvalue weighted by Gasteiger charge is -2.18. The van der Waals surface area contributed by atoms with E-state index in [0.29, 0.717) is 17.3 Å². The Morgan fingerprint density at radius 2 is 2.28 bits per heavy atom. The van der Waals surface area contributed by atoms with Crippen LogP contribution in [-0.4, -0.2) is 26.8 Å². The van der Waals surface area contributed by atoms with Crippen LogP contribution in [0.1, 0.15) is 26.7 Å². The normalized spacial score (nSPS) is 11.4. The van der Waals surface area contributed by atoms with Crippen LogP contribution >= 0.6 is 11.8 Å². The van der Waals surface area contributed by atoms with Crippen LogP contribution < -0.4 is 11.3 Å². The van der Waals surface area contributed by atoms with Gasteiger partial charge in [-0.2, -0.15) is 0 Å². The van der Waals surface area contributed by atoms with Crippen LogP contribution in [0.15, 0.2) is 16.0 Å². The zero-order valence-electron chi connectivity index (χ0n) is 10.4. The smallest absolute Gasteiger partial charge is 0.309 e. The molecular weight excluding hydrogens is 254 g/mol. The monoisotopic (exact) mass is 271 g/mol. The van der Waals surface area contributed by atoms with Crippen molar-refractivity contribution in [1.82, 2.24) is 9.97 Å². The summed E-state index contributed by atoms with van der Waals surface area (Å²) in [4.78, 5) is 28.6. The first kappa shape index (κ1) is 14.6. The maximum absolute atomic E-state index is 11.1. The van der Waals surface area contributed by atoms with E-state index in [1.165, 1.54) is 17.8 Å². The first-order valence-corrected chi connectivity index (χ1v) is 6.53. The third-order valence-corrected chi connectivity index (χ3v) is 3.46. The van der Waals surface area contributed by atoms with E-state index in [2.05, 4.69) is 9.97 Å². The number of nitrogen functional groups attached to an aromatic ring is 1. The van der Waals surface area contributed by atoms with Gasteiger partial charge in [-0.1, -0.05) is 11.8 Å². The van der Waals surface area contributed by atoms with Crippen molar-refractivity contribution in [2.45, 2.75) is 31.8 Å². The van der Waals surface area contributed by atoms with E-state index < -0.39 is 11.4 Å². The quantitative estimate of drug-likeness (QED) is 0.409. The number of carboxylic acid groups (broad SMARTS) is 1. The van der Waals surface area contributed by atoms with E-state index in [4.69, 9.17) is 10.8 Å². The van der Waals surface area contributed by atoms with Gasteiger partial charge in [-0.3, -0.25) is 9.59 Å². The zero-order valence-corrected chi connectivity index (χ0v) is 11.2. The van der Waals surface area contributed by atoms with Crippen LogP contribution in [0.2, 0.25) is 0 Å². The highest BCUT2D eigenvalue weighted by Gasteiger charge is 2.26. The SMILES string of the molecule is CC(C)(CCCSc1nc(N)cc(=O)[nH]1)C(=O)O. The average Bonchev–Trinajstić information content (AvgIpc) is 2.23. The largest absolute Gasteiger partial charge is 0.481 e. The average molecular weight is 271 g/mol. The summed E-state index contributed by atoms with van der Waals surface area (Å²) < 4.78 is 0. The highest BCUT2D eigenvalue weighted by molar-refractivity contribution is 7.99. The first-order chi connectivity index (χ1) is 8.31. The number of carboxylic acids is 1. The molecule has 0 saturated carbocycles.